The first-order valence-electron chi connectivity index (χ1n) is 6.45. The lowest BCUT2D eigenvalue weighted by molar-refractivity contribution is -0.121. The fraction of sp³-hybridized carbons (Fsp3) is 0.909. The van der Waals surface area contributed by atoms with Gasteiger partial charge in [0.15, 0.2) is 0 Å². The maximum absolute atomic E-state index is 12.0. The van der Waals surface area contributed by atoms with Crippen molar-refractivity contribution in [2.75, 3.05) is 52.3 Å². The van der Waals surface area contributed by atoms with E-state index >= 15 is 0 Å². The van der Waals surface area contributed by atoms with Crippen LogP contribution in [0.2, 0.25) is 0 Å². The molecule has 0 saturated carbocycles. The van der Waals surface area contributed by atoms with Gasteiger partial charge in [-0.15, -0.1) is 0 Å². The Morgan fingerprint density at radius 3 is 2.70 bits per heavy atom. The molecule has 0 aliphatic carbocycles. The Bertz CT molecular complexity index is 394. The smallest absolute Gasteiger partial charge is 0.221 e. The van der Waals surface area contributed by atoms with E-state index in [9.17, 15) is 18.3 Å². The van der Waals surface area contributed by atoms with Crippen LogP contribution in [0.25, 0.3) is 0 Å². The number of carbonyl (C=O) groups excluding carboxylic acids is 1. The molecule has 0 spiro atoms. The molecule has 1 aliphatic rings. The molecule has 0 bridgehead atoms. The van der Waals surface area contributed by atoms with Crippen LogP contribution >= 0.6 is 0 Å². The minimum absolute atomic E-state index is 0.0459. The first kappa shape index (κ1) is 17.3. The molecule has 1 heterocycles. The summed E-state index contributed by atoms with van der Waals surface area (Å²) in [7, 11) is -1.98. The number of methoxy groups -OCH3 is 1. The Balaban J connectivity index is 2.28. The van der Waals surface area contributed by atoms with Crippen LogP contribution in [0.5, 0.6) is 0 Å². The van der Waals surface area contributed by atoms with Crippen molar-refractivity contribution in [3.8, 4) is 0 Å². The fourth-order valence-electron chi connectivity index (χ4n) is 1.75. The summed E-state index contributed by atoms with van der Waals surface area (Å²) in [4.78, 5) is 11.5. The Hall–Kier alpha value is -0.740. The van der Waals surface area contributed by atoms with Gasteiger partial charge in [-0.25, -0.2) is 8.42 Å². The van der Waals surface area contributed by atoms with Gasteiger partial charge in [0, 0.05) is 33.2 Å². The van der Waals surface area contributed by atoms with Crippen LogP contribution < -0.4 is 5.32 Å². The van der Waals surface area contributed by atoms with Crippen molar-refractivity contribution in [1.82, 2.24) is 9.62 Å². The Kier molecular flexibility index (Phi) is 7.38. The number of carbonyl (C=O) groups is 1. The standard InChI is InChI=1S/C11H22N2O6S/c1-18-9-10(14)8-12-11(15)2-7-20(16,17)13-3-5-19-6-4-13/h10,14H,2-9H2,1H3,(H,12,15). The second kappa shape index (κ2) is 8.53. The second-order valence-electron chi connectivity index (χ2n) is 4.49. The number of amides is 1. The minimum atomic E-state index is -3.42. The number of hydrogen-bond donors (Lipinski definition) is 2. The molecule has 118 valence electrons. The third-order valence-electron chi connectivity index (χ3n) is 2.84. The highest BCUT2D eigenvalue weighted by Crippen LogP contribution is 2.06. The zero-order valence-corrected chi connectivity index (χ0v) is 12.4. The Morgan fingerprint density at radius 1 is 1.45 bits per heavy atom. The third-order valence-corrected chi connectivity index (χ3v) is 4.72. The van der Waals surface area contributed by atoms with Gasteiger partial charge in [-0.3, -0.25) is 4.79 Å². The van der Waals surface area contributed by atoms with Crippen LogP contribution in [0.4, 0.5) is 0 Å². The molecule has 1 atom stereocenters. The summed E-state index contributed by atoms with van der Waals surface area (Å²) < 4.78 is 35.0. The van der Waals surface area contributed by atoms with Gasteiger partial charge in [0.25, 0.3) is 0 Å². The topological polar surface area (TPSA) is 105 Å². The molecule has 0 aromatic rings. The quantitative estimate of drug-likeness (QED) is 0.546. The second-order valence-corrected chi connectivity index (χ2v) is 6.58. The highest BCUT2D eigenvalue weighted by atomic mass is 32.2. The molecule has 1 fully saturated rings. The van der Waals surface area contributed by atoms with E-state index in [2.05, 4.69) is 5.32 Å². The number of aliphatic hydroxyl groups excluding tert-OH is 1. The van der Waals surface area contributed by atoms with Crippen LogP contribution in [0, 0.1) is 0 Å². The van der Waals surface area contributed by atoms with Crippen LogP contribution in [-0.4, -0.2) is 82.2 Å². The lowest BCUT2D eigenvalue weighted by Crippen LogP contribution is -2.43. The first-order chi connectivity index (χ1) is 9.45. The van der Waals surface area contributed by atoms with Gasteiger partial charge in [-0.05, 0) is 0 Å². The van der Waals surface area contributed by atoms with Gasteiger partial charge in [0.1, 0.15) is 0 Å². The number of rotatable bonds is 8. The zero-order chi connectivity index (χ0) is 15.0. The van der Waals surface area contributed by atoms with Crippen LogP contribution in [0.1, 0.15) is 6.42 Å². The maximum atomic E-state index is 12.0. The largest absolute Gasteiger partial charge is 0.389 e. The summed E-state index contributed by atoms with van der Waals surface area (Å²) in [6.45, 7) is 1.59. The predicted octanol–water partition coefficient (Wildman–Crippen LogP) is -1.84. The van der Waals surface area contributed by atoms with E-state index in [1.165, 1.54) is 11.4 Å². The number of aliphatic hydroxyl groups is 1. The first-order valence-corrected chi connectivity index (χ1v) is 8.06. The molecule has 1 rings (SSSR count). The Morgan fingerprint density at radius 2 is 2.10 bits per heavy atom. The fourth-order valence-corrected chi connectivity index (χ4v) is 3.15. The summed E-state index contributed by atoms with van der Waals surface area (Å²) in [6.07, 6.45) is -0.917. The molecule has 0 radical (unpaired) electrons. The van der Waals surface area contributed by atoms with Crippen LogP contribution in [0.3, 0.4) is 0 Å². The predicted molar refractivity (Wildman–Crippen MR) is 71.7 cm³/mol. The summed E-state index contributed by atoms with van der Waals surface area (Å²) >= 11 is 0. The molecule has 0 aromatic carbocycles. The molecule has 8 nitrogen and oxygen atoms in total. The van der Waals surface area contributed by atoms with Gasteiger partial charge >= 0.3 is 0 Å². The summed E-state index contributed by atoms with van der Waals surface area (Å²) in [6, 6.07) is 0. The molecule has 2 N–H and O–H groups in total. The monoisotopic (exact) mass is 310 g/mol. The van der Waals surface area contributed by atoms with Gasteiger partial charge in [-0.2, -0.15) is 4.31 Å². The van der Waals surface area contributed by atoms with Gasteiger partial charge in [-0.1, -0.05) is 0 Å². The maximum Gasteiger partial charge on any atom is 0.221 e. The lowest BCUT2D eigenvalue weighted by atomic mass is 10.3. The molecule has 1 aliphatic heterocycles. The van der Waals surface area contributed by atoms with Crippen LogP contribution in [-0.2, 0) is 24.3 Å². The normalized spacial score (nSPS) is 18.7. The van der Waals surface area contributed by atoms with E-state index in [-0.39, 0.29) is 25.3 Å². The lowest BCUT2D eigenvalue weighted by Gasteiger charge is -2.25. The molecule has 1 saturated heterocycles. The highest BCUT2D eigenvalue weighted by molar-refractivity contribution is 7.89. The van der Waals surface area contributed by atoms with E-state index in [0.717, 1.165) is 0 Å². The number of sulfonamides is 1. The number of morpholine rings is 1. The number of ether oxygens (including phenoxy) is 2. The van der Waals surface area contributed by atoms with E-state index in [1.54, 1.807) is 0 Å². The minimum Gasteiger partial charge on any atom is -0.389 e. The summed E-state index contributed by atoms with van der Waals surface area (Å²) in [5.41, 5.74) is 0. The zero-order valence-electron chi connectivity index (χ0n) is 11.6. The van der Waals surface area contributed by atoms with Crippen molar-refractivity contribution in [3.63, 3.8) is 0 Å². The van der Waals surface area contributed by atoms with Crippen molar-refractivity contribution < 1.29 is 27.8 Å². The molecule has 9 heteroatoms. The molecular weight excluding hydrogens is 288 g/mol. The SMILES string of the molecule is COCC(O)CNC(=O)CCS(=O)(=O)N1CCOCC1. The molecule has 20 heavy (non-hydrogen) atoms. The molecule has 0 aromatic heterocycles. The van der Waals surface area contributed by atoms with E-state index < -0.39 is 22.0 Å². The van der Waals surface area contributed by atoms with Crippen molar-refractivity contribution in [2.24, 2.45) is 0 Å². The van der Waals surface area contributed by atoms with Gasteiger partial charge in [0.05, 0.1) is 31.7 Å². The highest BCUT2D eigenvalue weighted by Gasteiger charge is 2.24. The summed E-state index contributed by atoms with van der Waals surface area (Å²) in [5.74, 6) is -0.642. The number of hydrogen-bond acceptors (Lipinski definition) is 6. The van der Waals surface area contributed by atoms with E-state index in [1.807, 2.05) is 0 Å². The van der Waals surface area contributed by atoms with Crippen LogP contribution in [0.15, 0.2) is 0 Å². The number of nitrogens with zero attached hydrogens (tertiary/aromatic N) is 1. The number of nitrogens with one attached hydrogen (secondary N) is 1. The summed E-state index contributed by atoms with van der Waals surface area (Å²) in [5, 5.41) is 11.8. The van der Waals surface area contributed by atoms with E-state index in [4.69, 9.17) is 9.47 Å². The average Bonchev–Trinajstić information content (AvgIpc) is 2.44. The molecule has 1 amide bonds. The molecular formula is C11H22N2O6S. The molecule has 1 unspecified atom stereocenters. The van der Waals surface area contributed by atoms with Crippen molar-refractivity contribution in [1.29, 1.82) is 0 Å². The van der Waals surface area contributed by atoms with Crippen molar-refractivity contribution in [2.45, 2.75) is 12.5 Å². The van der Waals surface area contributed by atoms with E-state index in [0.29, 0.717) is 26.3 Å². The van der Waals surface area contributed by atoms with Gasteiger partial charge in [0.2, 0.25) is 15.9 Å². The van der Waals surface area contributed by atoms with Crippen molar-refractivity contribution in [3.05, 3.63) is 0 Å². The Labute approximate surface area is 119 Å². The average molecular weight is 310 g/mol. The van der Waals surface area contributed by atoms with Gasteiger partial charge < -0.3 is 19.9 Å². The van der Waals surface area contributed by atoms with Crippen molar-refractivity contribution >= 4 is 15.9 Å². The third kappa shape index (κ3) is 6.14.